The van der Waals surface area contributed by atoms with E-state index in [4.69, 9.17) is 4.74 Å². The minimum atomic E-state index is -0.700. The van der Waals surface area contributed by atoms with E-state index in [0.717, 1.165) is 5.56 Å². The van der Waals surface area contributed by atoms with Crippen LogP contribution in [-0.4, -0.2) is 10.1 Å². The molecule has 1 atom stereocenters. The summed E-state index contributed by atoms with van der Waals surface area (Å²) in [5.74, 6) is -0.0329. The highest BCUT2D eigenvalue weighted by atomic mass is 19.1. The molecule has 0 saturated carbocycles. The molecule has 0 amide bonds. The molecule has 18 heavy (non-hydrogen) atoms. The van der Waals surface area contributed by atoms with Crippen LogP contribution in [-0.2, 0) is 6.61 Å². The Labute approximate surface area is 105 Å². The average Bonchev–Trinajstić information content (AvgIpc) is 2.37. The van der Waals surface area contributed by atoms with Crippen molar-refractivity contribution >= 4 is 0 Å². The number of aliphatic hydroxyl groups excluding tert-OH is 1. The van der Waals surface area contributed by atoms with Crippen molar-refractivity contribution in [2.45, 2.75) is 19.6 Å². The Kier molecular flexibility index (Phi) is 3.89. The Morgan fingerprint density at radius 2 is 2.22 bits per heavy atom. The fraction of sp³-hybridized carbons (Fsp3) is 0.214. The Bertz CT molecular complexity index is 514. The standard InChI is InChI=1S/C14H14FNO2/c1-10(17)13-5-4-12(15)7-14(13)18-9-11-3-2-6-16-8-11/h2-8,10,17H,9H2,1H3. The summed E-state index contributed by atoms with van der Waals surface area (Å²) in [5.41, 5.74) is 1.46. The van der Waals surface area contributed by atoms with Crippen molar-refractivity contribution in [1.29, 1.82) is 0 Å². The van der Waals surface area contributed by atoms with Crippen LogP contribution in [0.3, 0.4) is 0 Å². The average molecular weight is 247 g/mol. The quantitative estimate of drug-likeness (QED) is 0.903. The van der Waals surface area contributed by atoms with E-state index in [1.165, 1.54) is 18.2 Å². The molecule has 2 aromatic rings. The summed E-state index contributed by atoms with van der Waals surface area (Å²) < 4.78 is 18.7. The van der Waals surface area contributed by atoms with Crippen molar-refractivity contribution in [2.24, 2.45) is 0 Å². The third-order valence-corrected chi connectivity index (χ3v) is 2.54. The third-order valence-electron chi connectivity index (χ3n) is 2.54. The van der Waals surface area contributed by atoms with Gasteiger partial charge in [0.25, 0.3) is 0 Å². The Hall–Kier alpha value is -1.94. The second-order valence-corrected chi connectivity index (χ2v) is 4.01. The molecule has 0 saturated heterocycles. The van der Waals surface area contributed by atoms with Crippen LogP contribution in [0.4, 0.5) is 4.39 Å². The smallest absolute Gasteiger partial charge is 0.128 e. The van der Waals surface area contributed by atoms with Gasteiger partial charge in [-0.25, -0.2) is 4.39 Å². The number of ether oxygens (including phenoxy) is 1. The van der Waals surface area contributed by atoms with Gasteiger partial charge in [-0.15, -0.1) is 0 Å². The summed E-state index contributed by atoms with van der Waals surface area (Å²) in [4.78, 5) is 3.97. The van der Waals surface area contributed by atoms with Gasteiger partial charge < -0.3 is 9.84 Å². The summed E-state index contributed by atoms with van der Waals surface area (Å²) >= 11 is 0. The molecule has 0 bridgehead atoms. The number of halogens is 1. The largest absolute Gasteiger partial charge is 0.488 e. The highest BCUT2D eigenvalue weighted by Gasteiger charge is 2.10. The highest BCUT2D eigenvalue weighted by Crippen LogP contribution is 2.26. The molecule has 1 aromatic heterocycles. The molecule has 1 aromatic carbocycles. The Morgan fingerprint density at radius 1 is 1.39 bits per heavy atom. The van der Waals surface area contributed by atoms with Crippen molar-refractivity contribution < 1.29 is 14.2 Å². The van der Waals surface area contributed by atoms with Gasteiger partial charge in [-0.2, -0.15) is 0 Å². The van der Waals surface area contributed by atoms with Gasteiger partial charge in [0.1, 0.15) is 18.2 Å². The predicted molar refractivity (Wildman–Crippen MR) is 65.6 cm³/mol. The molecule has 0 aliphatic rings. The number of aliphatic hydroxyl groups is 1. The normalized spacial score (nSPS) is 12.2. The van der Waals surface area contributed by atoms with E-state index in [9.17, 15) is 9.50 Å². The molecule has 94 valence electrons. The maximum Gasteiger partial charge on any atom is 0.128 e. The van der Waals surface area contributed by atoms with Crippen molar-refractivity contribution in [3.05, 3.63) is 59.7 Å². The Balaban J connectivity index is 2.15. The van der Waals surface area contributed by atoms with E-state index in [0.29, 0.717) is 11.3 Å². The van der Waals surface area contributed by atoms with Crippen LogP contribution in [0.25, 0.3) is 0 Å². The van der Waals surface area contributed by atoms with E-state index >= 15 is 0 Å². The molecule has 4 heteroatoms. The minimum Gasteiger partial charge on any atom is -0.488 e. The number of rotatable bonds is 4. The summed E-state index contributed by atoms with van der Waals surface area (Å²) in [6.07, 6.45) is 2.66. The number of aromatic nitrogens is 1. The van der Waals surface area contributed by atoms with Gasteiger partial charge in [0, 0.05) is 29.6 Å². The summed E-state index contributed by atoms with van der Waals surface area (Å²) in [7, 11) is 0. The van der Waals surface area contributed by atoms with Crippen LogP contribution in [0, 0.1) is 5.82 Å². The molecular formula is C14H14FNO2. The van der Waals surface area contributed by atoms with E-state index in [2.05, 4.69) is 4.98 Å². The van der Waals surface area contributed by atoms with Crippen molar-refractivity contribution in [1.82, 2.24) is 4.98 Å². The SMILES string of the molecule is CC(O)c1ccc(F)cc1OCc1cccnc1. The summed E-state index contributed by atoms with van der Waals surface area (Å²) in [6, 6.07) is 7.78. The van der Waals surface area contributed by atoms with Crippen LogP contribution in [0.15, 0.2) is 42.7 Å². The minimum absolute atomic E-state index is 0.289. The molecule has 1 N–H and O–H groups in total. The van der Waals surface area contributed by atoms with Crippen LogP contribution < -0.4 is 4.74 Å². The van der Waals surface area contributed by atoms with Crippen molar-refractivity contribution in [3.8, 4) is 5.75 Å². The van der Waals surface area contributed by atoms with E-state index in [-0.39, 0.29) is 12.4 Å². The highest BCUT2D eigenvalue weighted by molar-refractivity contribution is 5.35. The molecule has 0 spiro atoms. The van der Waals surface area contributed by atoms with Crippen molar-refractivity contribution in [3.63, 3.8) is 0 Å². The lowest BCUT2D eigenvalue weighted by molar-refractivity contribution is 0.190. The van der Waals surface area contributed by atoms with Gasteiger partial charge in [0.15, 0.2) is 0 Å². The zero-order valence-electron chi connectivity index (χ0n) is 10.0. The van der Waals surface area contributed by atoms with Gasteiger partial charge in [-0.05, 0) is 25.1 Å². The molecule has 2 rings (SSSR count). The van der Waals surface area contributed by atoms with E-state index in [1.807, 2.05) is 6.07 Å². The lowest BCUT2D eigenvalue weighted by Crippen LogP contribution is -2.01. The predicted octanol–water partition coefficient (Wildman–Crippen LogP) is 2.85. The van der Waals surface area contributed by atoms with Crippen LogP contribution >= 0.6 is 0 Å². The van der Waals surface area contributed by atoms with Crippen LogP contribution in [0.5, 0.6) is 5.75 Å². The second-order valence-electron chi connectivity index (χ2n) is 4.01. The lowest BCUT2D eigenvalue weighted by atomic mass is 10.1. The van der Waals surface area contributed by atoms with Crippen molar-refractivity contribution in [2.75, 3.05) is 0 Å². The second kappa shape index (κ2) is 5.60. The number of hydrogen-bond donors (Lipinski definition) is 1. The first-order chi connectivity index (χ1) is 8.66. The zero-order valence-corrected chi connectivity index (χ0v) is 10.0. The van der Waals surface area contributed by atoms with Gasteiger partial charge in [-0.1, -0.05) is 6.07 Å². The Morgan fingerprint density at radius 3 is 2.89 bits per heavy atom. The molecule has 0 radical (unpaired) electrons. The monoisotopic (exact) mass is 247 g/mol. The van der Waals surface area contributed by atoms with E-state index < -0.39 is 6.10 Å². The van der Waals surface area contributed by atoms with Gasteiger partial charge in [0.05, 0.1) is 6.10 Å². The molecule has 0 aliphatic carbocycles. The van der Waals surface area contributed by atoms with Crippen LogP contribution in [0.2, 0.25) is 0 Å². The van der Waals surface area contributed by atoms with Gasteiger partial charge >= 0.3 is 0 Å². The fourth-order valence-corrected chi connectivity index (χ4v) is 1.62. The molecule has 0 aliphatic heterocycles. The first-order valence-corrected chi connectivity index (χ1v) is 5.66. The van der Waals surface area contributed by atoms with Gasteiger partial charge in [-0.3, -0.25) is 4.98 Å². The topological polar surface area (TPSA) is 42.4 Å². The number of pyridine rings is 1. The first-order valence-electron chi connectivity index (χ1n) is 5.66. The number of benzene rings is 1. The molecule has 3 nitrogen and oxygen atoms in total. The summed E-state index contributed by atoms with van der Waals surface area (Å²) in [5, 5.41) is 9.58. The third kappa shape index (κ3) is 3.05. The van der Waals surface area contributed by atoms with Gasteiger partial charge in [0.2, 0.25) is 0 Å². The lowest BCUT2D eigenvalue weighted by Gasteiger charge is -2.13. The maximum absolute atomic E-state index is 13.2. The molecule has 1 heterocycles. The number of hydrogen-bond acceptors (Lipinski definition) is 3. The van der Waals surface area contributed by atoms with Crippen LogP contribution in [0.1, 0.15) is 24.2 Å². The first kappa shape index (κ1) is 12.5. The molecule has 1 unspecified atom stereocenters. The number of nitrogens with zero attached hydrogens (tertiary/aromatic N) is 1. The maximum atomic E-state index is 13.2. The molecular weight excluding hydrogens is 233 g/mol. The fourth-order valence-electron chi connectivity index (χ4n) is 1.62. The molecule has 0 fully saturated rings. The summed E-state index contributed by atoms with van der Waals surface area (Å²) in [6.45, 7) is 1.90. The zero-order chi connectivity index (χ0) is 13.0. The van der Waals surface area contributed by atoms with E-state index in [1.54, 1.807) is 25.4 Å².